The van der Waals surface area contributed by atoms with Gasteiger partial charge in [0.1, 0.15) is 15.8 Å². The van der Waals surface area contributed by atoms with Crippen molar-refractivity contribution in [3.63, 3.8) is 0 Å². The molecule has 0 aliphatic rings. The Hall–Kier alpha value is -0.340. The number of carbonyl (C=O) groups excluding carboxylic acids is 1. The Balaban J connectivity index is 2.76. The summed E-state index contributed by atoms with van der Waals surface area (Å²) in [5, 5.41) is 0. The third kappa shape index (κ3) is 4.11. The van der Waals surface area contributed by atoms with Crippen LogP contribution in [-0.4, -0.2) is 27.5 Å². The lowest BCUT2D eigenvalue weighted by molar-refractivity contribution is -0.141. The second kappa shape index (κ2) is 6.01. The highest BCUT2D eigenvalue weighted by molar-refractivity contribution is 7.89. The fraction of sp³-hybridized carbons (Fsp3) is 0.375. The smallest absolute Gasteiger partial charge is 0.321 e. The first-order chi connectivity index (χ1) is 7.86. The Morgan fingerprint density at radius 3 is 2.65 bits per heavy atom. The number of thiophene rings is 1. The van der Waals surface area contributed by atoms with E-state index < -0.39 is 22.5 Å². The lowest BCUT2D eigenvalue weighted by atomic mass is 10.7. The Labute approximate surface area is 113 Å². The molecule has 0 aromatic carbocycles. The van der Waals surface area contributed by atoms with E-state index in [1.165, 1.54) is 6.07 Å². The van der Waals surface area contributed by atoms with E-state index in [1.54, 1.807) is 6.92 Å². The average molecular weight is 318 g/mol. The van der Waals surface area contributed by atoms with Gasteiger partial charge in [0.25, 0.3) is 0 Å². The van der Waals surface area contributed by atoms with Crippen LogP contribution in [0.2, 0.25) is 8.67 Å². The molecular weight excluding hydrogens is 309 g/mol. The van der Waals surface area contributed by atoms with Crippen LogP contribution in [0.5, 0.6) is 0 Å². The van der Waals surface area contributed by atoms with Crippen LogP contribution in [0.25, 0.3) is 0 Å². The third-order valence-electron chi connectivity index (χ3n) is 1.63. The predicted molar refractivity (Wildman–Crippen MR) is 66.2 cm³/mol. The highest BCUT2D eigenvalue weighted by Gasteiger charge is 2.21. The molecule has 1 aromatic heterocycles. The average Bonchev–Trinajstić information content (AvgIpc) is 2.56. The van der Waals surface area contributed by atoms with Gasteiger partial charge >= 0.3 is 5.97 Å². The van der Waals surface area contributed by atoms with Gasteiger partial charge < -0.3 is 4.74 Å². The van der Waals surface area contributed by atoms with E-state index in [0.717, 1.165) is 11.3 Å². The molecule has 96 valence electrons. The van der Waals surface area contributed by atoms with Crippen LogP contribution in [0.4, 0.5) is 0 Å². The van der Waals surface area contributed by atoms with Crippen LogP contribution in [0.1, 0.15) is 6.92 Å². The number of hydrogen-bond donors (Lipinski definition) is 1. The van der Waals surface area contributed by atoms with Gasteiger partial charge in [0, 0.05) is 0 Å². The summed E-state index contributed by atoms with van der Waals surface area (Å²) in [4.78, 5) is 10.9. The van der Waals surface area contributed by atoms with Crippen LogP contribution >= 0.6 is 34.5 Å². The number of hydrogen-bond acceptors (Lipinski definition) is 5. The quantitative estimate of drug-likeness (QED) is 0.842. The Morgan fingerprint density at radius 1 is 1.53 bits per heavy atom. The summed E-state index contributed by atoms with van der Waals surface area (Å²) in [5.74, 6) is -0.659. The summed E-state index contributed by atoms with van der Waals surface area (Å²) in [6.45, 7) is 1.37. The third-order valence-corrected chi connectivity index (χ3v) is 4.78. The van der Waals surface area contributed by atoms with Gasteiger partial charge in [-0.2, -0.15) is 4.72 Å². The summed E-state index contributed by atoms with van der Waals surface area (Å²) in [7, 11) is -3.84. The zero-order valence-corrected chi connectivity index (χ0v) is 11.8. The van der Waals surface area contributed by atoms with Gasteiger partial charge in [-0.1, -0.05) is 23.2 Å². The second-order valence-corrected chi connectivity index (χ2v) is 6.84. The van der Waals surface area contributed by atoms with E-state index in [9.17, 15) is 13.2 Å². The van der Waals surface area contributed by atoms with E-state index in [1.807, 2.05) is 0 Å². The molecule has 0 amide bonds. The summed E-state index contributed by atoms with van der Waals surface area (Å²) in [6, 6.07) is 1.22. The Morgan fingerprint density at radius 2 is 2.18 bits per heavy atom. The summed E-state index contributed by atoms with van der Waals surface area (Å²) < 4.78 is 30.4. The largest absolute Gasteiger partial charge is 0.465 e. The molecule has 0 fully saturated rings. The molecule has 0 aliphatic heterocycles. The summed E-state index contributed by atoms with van der Waals surface area (Å²) >= 11 is 12.3. The molecule has 0 atom stereocenters. The van der Waals surface area contributed by atoms with E-state index in [4.69, 9.17) is 23.2 Å². The molecule has 1 rings (SSSR count). The van der Waals surface area contributed by atoms with Gasteiger partial charge in [-0.25, -0.2) is 8.42 Å². The van der Waals surface area contributed by atoms with Crippen molar-refractivity contribution >= 4 is 50.5 Å². The van der Waals surface area contributed by atoms with Crippen molar-refractivity contribution in [1.29, 1.82) is 0 Å². The monoisotopic (exact) mass is 317 g/mol. The first kappa shape index (κ1) is 14.7. The van der Waals surface area contributed by atoms with E-state index >= 15 is 0 Å². The molecular formula is C8H9Cl2NO4S2. The molecule has 0 aliphatic carbocycles. The minimum absolute atomic E-state index is 0.0476. The zero-order valence-electron chi connectivity index (χ0n) is 8.70. The second-order valence-electron chi connectivity index (χ2n) is 2.82. The van der Waals surface area contributed by atoms with E-state index in [-0.39, 0.29) is 20.2 Å². The molecule has 0 saturated heterocycles. The molecule has 0 saturated carbocycles. The zero-order chi connectivity index (χ0) is 13.1. The maximum absolute atomic E-state index is 11.7. The first-order valence-corrected chi connectivity index (χ1v) is 7.52. The lowest BCUT2D eigenvalue weighted by Gasteiger charge is -2.04. The Bertz CT molecular complexity index is 512. The maximum atomic E-state index is 11.7. The van der Waals surface area contributed by atoms with Crippen LogP contribution in [0.3, 0.4) is 0 Å². The molecule has 0 unspecified atom stereocenters. The first-order valence-electron chi connectivity index (χ1n) is 4.47. The van der Waals surface area contributed by atoms with Crippen LogP contribution in [0, 0.1) is 0 Å². The molecule has 0 spiro atoms. The summed E-state index contributed by atoms with van der Waals surface area (Å²) in [5.41, 5.74) is 0. The number of carbonyl (C=O) groups is 1. The molecule has 17 heavy (non-hydrogen) atoms. The number of halogens is 2. The molecule has 0 radical (unpaired) electrons. The van der Waals surface area contributed by atoms with Crippen LogP contribution in [0.15, 0.2) is 11.0 Å². The highest BCUT2D eigenvalue weighted by Crippen LogP contribution is 2.33. The van der Waals surface area contributed by atoms with Crippen molar-refractivity contribution < 1.29 is 17.9 Å². The van der Waals surface area contributed by atoms with Crippen LogP contribution in [-0.2, 0) is 19.6 Å². The van der Waals surface area contributed by atoms with E-state index in [2.05, 4.69) is 9.46 Å². The molecule has 1 aromatic rings. The minimum atomic E-state index is -3.84. The maximum Gasteiger partial charge on any atom is 0.321 e. The van der Waals surface area contributed by atoms with Gasteiger partial charge in [-0.3, -0.25) is 4.79 Å². The van der Waals surface area contributed by atoms with Gasteiger partial charge in [-0.15, -0.1) is 11.3 Å². The number of sulfonamides is 1. The van der Waals surface area contributed by atoms with Crippen molar-refractivity contribution in [2.24, 2.45) is 0 Å². The van der Waals surface area contributed by atoms with Crippen molar-refractivity contribution in [1.82, 2.24) is 4.72 Å². The lowest BCUT2D eigenvalue weighted by Crippen LogP contribution is -2.30. The fourth-order valence-corrected chi connectivity index (χ4v) is 4.07. The highest BCUT2D eigenvalue weighted by atomic mass is 35.5. The number of rotatable bonds is 5. The normalized spacial score (nSPS) is 11.5. The standard InChI is InChI=1S/C8H9Cl2NO4S2/c1-2-15-7(12)4-11-17(13,14)5-3-6(9)16-8(5)10/h3,11H,2,4H2,1H3. The molecule has 0 bridgehead atoms. The number of ether oxygens (including phenoxy) is 1. The minimum Gasteiger partial charge on any atom is -0.465 e. The molecule has 5 nitrogen and oxygen atoms in total. The predicted octanol–water partition coefficient (Wildman–Crippen LogP) is 1.90. The van der Waals surface area contributed by atoms with Crippen molar-refractivity contribution in [3.05, 3.63) is 14.7 Å². The van der Waals surface area contributed by atoms with Gasteiger partial charge in [0.2, 0.25) is 10.0 Å². The van der Waals surface area contributed by atoms with Crippen molar-refractivity contribution in [2.45, 2.75) is 11.8 Å². The van der Waals surface area contributed by atoms with Crippen molar-refractivity contribution in [3.8, 4) is 0 Å². The molecule has 1 N–H and O–H groups in total. The Kier molecular flexibility index (Phi) is 5.21. The van der Waals surface area contributed by atoms with E-state index in [0.29, 0.717) is 0 Å². The molecule has 1 heterocycles. The molecule has 9 heteroatoms. The fourth-order valence-electron chi connectivity index (χ4n) is 0.952. The van der Waals surface area contributed by atoms with Gasteiger partial charge in [0.05, 0.1) is 10.9 Å². The summed E-state index contributed by atoms with van der Waals surface area (Å²) in [6.07, 6.45) is 0. The van der Waals surface area contributed by atoms with Gasteiger partial charge in [0.15, 0.2) is 0 Å². The van der Waals surface area contributed by atoms with Crippen LogP contribution < -0.4 is 4.72 Å². The van der Waals surface area contributed by atoms with Crippen molar-refractivity contribution in [2.75, 3.05) is 13.2 Å². The number of esters is 1. The SMILES string of the molecule is CCOC(=O)CNS(=O)(=O)c1cc(Cl)sc1Cl. The topological polar surface area (TPSA) is 72.5 Å². The van der Waals surface area contributed by atoms with Gasteiger partial charge in [-0.05, 0) is 13.0 Å². The number of nitrogens with one attached hydrogen (secondary N) is 1.